The van der Waals surface area contributed by atoms with Gasteiger partial charge in [-0.3, -0.25) is 0 Å². The first kappa shape index (κ1) is 9.99. The lowest BCUT2D eigenvalue weighted by Crippen LogP contribution is -2.26. The van der Waals surface area contributed by atoms with Crippen LogP contribution in [0.2, 0.25) is 0 Å². The molecule has 0 saturated heterocycles. The first-order valence-electron chi connectivity index (χ1n) is 4.48. The maximum Gasteiger partial charge on any atom is 0.209 e. The molecule has 1 aliphatic carbocycles. The van der Waals surface area contributed by atoms with Crippen LogP contribution in [0.25, 0.3) is 0 Å². The van der Waals surface area contributed by atoms with Crippen LogP contribution in [-0.2, 0) is 10.0 Å². The zero-order valence-electron chi connectivity index (χ0n) is 7.49. The van der Waals surface area contributed by atoms with E-state index in [0.717, 1.165) is 19.3 Å². The predicted octanol–water partition coefficient (Wildman–Crippen LogP) is 1.10. The van der Waals surface area contributed by atoms with Crippen molar-refractivity contribution in [2.24, 2.45) is 17.0 Å². The fraction of sp³-hybridized carbons (Fsp3) is 1.00. The summed E-state index contributed by atoms with van der Waals surface area (Å²) in [7, 11) is -3.25. The number of hydrogen-bond donors (Lipinski definition) is 1. The molecule has 3 nitrogen and oxygen atoms in total. The van der Waals surface area contributed by atoms with Gasteiger partial charge in [-0.05, 0) is 24.7 Å². The predicted molar refractivity (Wildman–Crippen MR) is 49.1 cm³/mol. The van der Waals surface area contributed by atoms with Crippen LogP contribution in [0.15, 0.2) is 0 Å². The van der Waals surface area contributed by atoms with E-state index < -0.39 is 10.0 Å². The lowest BCUT2D eigenvalue weighted by molar-refractivity contribution is 0.302. The topological polar surface area (TPSA) is 60.2 Å². The first-order chi connectivity index (χ1) is 5.47. The quantitative estimate of drug-likeness (QED) is 0.710. The van der Waals surface area contributed by atoms with Crippen LogP contribution in [0.4, 0.5) is 0 Å². The second-order valence-electron chi connectivity index (χ2n) is 3.97. The second-order valence-corrected chi connectivity index (χ2v) is 5.63. The lowest BCUT2D eigenvalue weighted by Gasteiger charge is -2.25. The van der Waals surface area contributed by atoms with Gasteiger partial charge in [-0.1, -0.05) is 19.8 Å². The van der Waals surface area contributed by atoms with Gasteiger partial charge < -0.3 is 0 Å². The van der Waals surface area contributed by atoms with Crippen LogP contribution in [-0.4, -0.2) is 14.2 Å². The molecule has 0 spiro atoms. The fourth-order valence-corrected chi connectivity index (χ4v) is 3.00. The maximum absolute atomic E-state index is 10.8. The Bertz CT molecular complexity index is 235. The van der Waals surface area contributed by atoms with Gasteiger partial charge in [-0.15, -0.1) is 0 Å². The van der Waals surface area contributed by atoms with Crippen molar-refractivity contribution in [2.75, 3.05) is 5.75 Å². The molecule has 1 saturated carbocycles. The number of primary sulfonamides is 1. The molecule has 2 unspecified atom stereocenters. The molecule has 0 aromatic heterocycles. The van der Waals surface area contributed by atoms with Gasteiger partial charge in [0.1, 0.15) is 0 Å². The van der Waals surface area contributed by atoms with Gasteiger partial charge >= 0.3 is 0 Å². The Morgan fingerprint density at radius 1 is 1.42 bits per heavy atom. The molecule has 0 heterocycles. The van der Waals surface area contributed by atoms with Gasteiger partial charge in [0.15, 0.2) is 0 Å². The van der Waals surface area contributed by atoms with E-state index in [9.17, 15) is 8.42 Å². The molecule has 12 heavy (non-hydrogen) atoms. The lowest BCUT2D eigenvalue weighted by atomic mass is 9.83. The average Bonchev–Trinajstić information content (AvgIpc) is 1.82. The van der Waals surface area contributed by atoms with Gasteiger partial charge in [0.2, 0.25) is 10.0 Å². The summed E-state index contributed by atoms with van der Waals surface area (Å²) in [5, 5.41) is 4.98. The number of sulfonamides is 1. The molecule has 1 rings (SSSR count). The van der Waals surface area contributed by atoms with Crippen molar-refractivity contribution >= 4 is 10.0 Å². The summed E-state index contributed by atoms with van der Waals surface area (Å²) in [6, 6.07) is 0. The highest BCUT2D eigenvalue weighted by atomic mass is 32.2. The van der Waals surface area contributed by atoms with Crippen LogP contribution in [0.3, 0.4) is 0 Å². The highest BCUT2D eigenvalue weighted by Gasteiger charge is 2.22. The van der Waals surface area contributed by atoms with E-state index in [1.807, 2.05) is 0 Å². The normalized spacial score (nSPS) is 31.8. The van der Waals surface area contributed by atoms with Crippen molar-refractivity contribution in [3.05, 3.63) is 0 Å². The molecular formula is C8H17NO2S. The highest BCUT2D eigenvalue weighted by Crippen LogP contribution is 2.28. The minimum absolute atomic E-state index is 0.178. The zero-order chi connectivity index (χ0) is 9.19. The second kappa shape index (κ2) is 3.75. The summed E-state index contributed by atoms with van der Waals surface area (Å²) in [5.74, 6) is 1.16. The Hall–Kier alpha value is -0.0900. The van der Waals surface area contributed by atoms with Gasteiger partial charge in [0.25, 0.3) is 0 Å². The highest BCUT2D eigenvalue weighted by molar-refractivity contribution is 7.89. The largest absolute Gasteiger partial charge is 0.229 e. The van der Waals surface area contributed by atoms with E-state index in [4.69, 9.17) is 5.14 Å². The molecular weight excluding hydrogens is 174 g/mol. The van der Waals surface area contributed by atoms with Crippen molar-refractivity contribution in [3.8, 4) is 0 Å². The zero-order valence-corrected chi connectivity index (χ0v) is 8.31. The van der Waals surface area contributed by atoms with E-state index in [1.54, 1.807) is 0 Å². The maximum atomic E-state index is 10.8. The smallest absolute Gasteiger partial charge is 0.209 e. The molecule has 1 aliphatic rings. The van der Waals surface area contributed by atoms with Crippen LogP contribution >= 0.6 is 0 Å². The molecule has 72 valence electrons. The Morgan fingerprint density at radius 3 is 2.58 bits per heavy atom. The van der Waals surface area contributed by atoms with Crippen molar-refractivity contribution < 1.29 is 8.42 Å². The summed E-state index contributed by atoms with van der Waals surface area (Å²) >= 11 is 0. The molecule has 4 heteroatoms. The monoisotopic (exact) mass is 191 g/mol. The standard InChI is InChI=1S/C8H17NO2S/c1-7-3-2-4-8(5-7)6-12(9,10)11/h7-8H,2-6H2,1H3,(H2,9,10,11). The molecule has 0 aliphatic heterocycles. The van der Waals surface area contributed by atoms with E-state index >= 15 is 0 Å². The molecule has 0 radical (unpaired) electrons. The van der Waals surface area contributed by atoms with E-state index in [1.165, 1.54) is 6.42 Å². The van der Waals surface area contributed by atoms with E-state index in [0.29, 0.717) is 11.8 Å². The summed E-state index contributed by atoms with van der Waals surface area (Å²) < 4.78 is 21.6. The summed E-state index contributed by atoms with van der Waals surface area (Å²) in [6.07, 6.45) is 4.44. The van der Waals surface area contributed by atoms with Gasteiger partial charge in [0, 0.05) is 0 Å². The van der Waals surface area contributed by atoms with Gasteiger partial charge in [-0.25, -0.2) is 13.6 Å². The molecule has 1 fully saturated rings. The Morgan fingerprint density at radius 2 is 2.08 bits per heavy atom. The fourth-order valence-electron chi connectivity index (χ4n) is 2.04. The van der Waals surface area contributed by atoms with Gasteiger partial charge in [-0.2, -0.15) is 0 Å². The minimum atomic E-state index is -3.25. The third-order valence-corrected chi connectivity index (χ3v) is 3.45. The molecule has 0 aromatic rings. The molecule has 2 atom stereocenters. The van der Waals surface area contributed by atoms with Crippen LogP contribution in [0.1, 0.15) is 32.6 Å². The van der Waals surface area contributed by atoms with Crippen molar-refractivity contribution in [3.63, 3.8) is 0 Å². The molecule has 0 amide bonds. The van der Waals surface area contributed by atoms with Gasteiger partial charge in [0.05, 0.1) is 5.75 Å². The third-order valence-electron chi connectivity index (χ3n) is 2.51. The Kier molecular flexibility index (Phi) is 3.12. The summed E-state index contributed by atoms with van der Waals surface area (Å²) in [4.78, 5) is 0. The van der Waals surface area contributed by atoms with Crippen LogP contribution in [0, 0.1) is 11.8 Å². The van der Waals surface area contributed by atoms with Crippen molar-refractivity contribution in [1.29, 1.82) is 0 Å². The molecule has 0 aromatic carbocycles. The van der Waals surface area contributed by atoms with Crippen LogP contribution < -0.4 is 5.14 Å². The van der Waals surface area contributed by atoms with Crippen molar-refractivity contribution in [2.45, 2.75) is 32.6 Å². The first-order valence-corrected chi connectivity index (χ1v) is 6.19. The Labute approximate surface area is 74.4 Å². The van der Waals surface area contributed by atoms with Crippen molar-refractivity contribution in [1.82, 2.24) is 0 Å². The molecule has 0 bridgehead atoms. The average molecular weight is 191 g/mol. The summed E-state index contributed by atoms with van der Waals surface area (Å²) in [5.41, 5.74) is 0. The van der Waals surface area contributed by atoms with Crippen LogP contribution in [0.5, 0.6) is 0 Å². The summed E-state index contributed by atoms with van der Waals surface area (Å²) in [6.45, 7) is 2.18. The number of hydrogen-bond acceptors (Lipinski definition) is 2. The third kappa shape index (κ3) is 3.54. The SMILES string of the molecule is CC1CCCC(CS(N)(=O)=O)C1. The van der Waals surface area contributed by atoms with E-state index in [-0.39, 0.29) is 5.75 Å². The minimum Gasteiger partial charge on any atom is -0.229 e. The number of nitrogens with two attached hydrogens (primary N) is 1. The molecule has 2 N–H and O–H groups in total. The van der Waals surface area contributed by atoms with E-state index in [2.05, 4.69) is 6.92 Å². The Balaban J connectivity index is 2.43. The number of rotatable bonds is 2.